The Labute approximate surface area is 269 Å². The molecule has 0 aromatic carbocycles. The van der Waals surface area contributed by atoms with E-state index in [0.29, 0.717) is 0 Å². The summed E-state index contributed by atoms with van der Waals surface area (Å²) in [6.07, 6.45) is 26.3. The van der Waals surface area contributed by atoms with Crippen LogP contribution in [0.5, 0.6) is 0 Å². The second-order valence-electron chi connectivity index (χ2n) is 14.3. The van der Waals surface area contributed by atoms with Crippen molar-refractivity contribution in [2.75, 3.05) is 0 Å². The third kappa shape index (κ3) is 13.6. The quantitative estimate of drug-likeness (QED) is 0.0699. The van der Waals surface area contributed by atoms with E-state index in [1.165, 1.54) is 83.5 Å². The molecule has 3 fully saturated rings. The second-order valence-corrected chi connectivity index (χ2v) is 14.3. The van der Waals surface area contributed by atoms with Gasteiger partial charge in [0.1, 0.15) is 12.2 Å². The van der Waals surface area contributed by atoms with Gasteiger partial charge in [-0.2, -0.15) is 0 Å². The highest BCUT2D eigenvalue weighted by Gasteiger charge is 2.41. The van der Waals surface area contributed by atoms with E-state index in [1.807, 2.05) is 0 Å². The Morgan fingerprint density at radius 1 is 0.636 bits per heavy atom. The zero-order valence-electron chi connectivity index (χ0n) is 28.3. The maximum Gasteiger partial charge on any atom is 0.312 e. The van der Waals surface area contributed by atoms with Crippen LogP contribution in [0.2, 0.25) is 0 Å². The Bertz CT molecular complexity index is 747. The number of carbonyl (C=O) groups excluding carboxylic acids is 1. The zero-order valence-corrected chi connectivity index (χ0v) is 28.3. The van der Waals surface area contributed by atoms with Crippen LogP contribution in [-0.2, 0) is 19.0 Å². The van der Waals surface area contributed by atoms with Crippen molar-refractivity contribution in [2.24, 2.45) is 5.92 Å². The third-order valence-electron chi connectivity index (χ3n) is 10.6. The van der Waals surface area contributed by atoms with Crippen LogP contribution in [0, 0.1) is 5.92 Å². The van der Waals surface area contributed by atoms with Crippen LogP contribution in [0.1, 0.15) is 174 Å². The van der Waals surface area contributed by atoms with E-state index >= 15 is 0 Å². The molecule has 7 heteroatoms. The summed E-state index contributed by atoms with van der Waals surface area (Å²) in [6.45, 7) is 4.02. The first-order valence-electron chi connectivity index (χ1n) is 19.0. The van der Waals surface area contributed by atoms with Crippen molar-refractivity contribution in [3.05, 3.63) is 0 Å². The predicted octanol–water partition coefficient (Wildman–Crippen LogP) is 7.94. The molecule has 0 aromatic rings. The Kier molecular flexibility index (Phi) is 18.8. The van der Waals surface area contributed by atoms with Crippen LogP contribution in [0.4, 0.5) is 0 Å². The van der Waals surface area contributed by atoms with E-state index in [9.17, 15) is 20.1 Å². The molecule has 44 heavy (non-hydrogen) atoms. The van der Waals surface area contributed by atoms with E-state index in [-0.39, 0.29) is 54.6 Å². The minimum absolute atomic E-state index is 0.0554. The van der Waals surface area contributed by atoms with E-state index in [4.69, 9.17) is 14.2 Å². The third-order valence-corrected chi connectivity index (χ3v) is 10.6. The van der Waals surface area contributed by atoms with Gasteiger partial charge in [0.05, 0.1) is 42.5 Å². The molecule has 0 unspecified atom stereocenters. The van der Waals surface area contributed by atoms with Crippen molar-refractivity contribution in [3.63, 3.8) is 0 Å². The van der Waals surface area contributed by atoms with E-state index in [1.54, 1.807) is 6.92 Å². The maximum absolute atomic E-state index is 11.7. The first kappa shape index (κ1) is 37.7. The van der Waals surface area contributed by atoms with Crippen LogP contribution < -0.4 is 0 Å². The number of rotatable bonds is 25. The summed E-state index contributed by atoms with van der Waals surface area (Å²) in [6, 6.07) is 0. The molecular formula is C37H68O7. The lowest BCUT2D eigenvalue weighted by molar-refractivity contribution is -0.143. The first-order valence-corrected chi connectivity index (χ1v) is 19.0. The number of aliphatic hydroxyl groups excluding tert-OH is 3. The van der Waals surface area contributed by atoms with Crippen LogP contribution >= 0.6 is 0 Å². The molecule has 0 amide bonds. The highest BCUT2D eigenvalue weighted by molar-refractivity contribution is 5.75. The smallest absolute Gasteiger partial charge is 0.312 e. The predicted molar refractivity (Wildman–Crippen MR) is 175 cm³/mol. The fourth-order valence-corrected chi connectivity index (χ4v) is 7.58. The minimum Gasteiger partial charge on any atom is -0.460 e. The summed E-state index contributed by atoms with van der Waals surface area (Å²) in [7, 11) is 0. The van der Waals surface area contributed by atoms with Gasteiger partial charge < -0.3 is 29.5 Å². The molecule has 3 N–H and O–H groups in total. The molecule has 0 radical (unpaired) electrons. The molecule has 3 heterocycles. The molecule has 3 aliphatic heterocycles. The number of unbranched alkanes of at least 4 members (excludes halogenated alkanes) is 16. The van der Waals surface area contributed by atoms with E-state index in [2.05, 4.69) is 6.92 Å². The Morgan fingerprint density at radius 2 is 1.05 bits per heavy atom. The number of cyclic esters (lactones) is 1. The van der Waals surface area contributed by atoms with Gasteiger partial charge in [-0.15, -0.1) is 0 Å². The maximum atomic E-state index is 11.7. The van der Waals surface area contributed by atoms with Crippen molar-refractivity contribution < 1.29 is 34.3 Å². The topological polar surface area (TPSA) is 105 Å². The van der Waals surface area contributed by atoms with Gasteiger partial charge in [-0.1, -0.05) is 122 Å². The molecule has 3 saturated heterocycles. The highest BCUT2D eigenvalue weighted by atomic mass is 16.6. The summed E-state index contributed by atoms with van der Waals surface area (Å²) in [5.74, 6) is -0.557. The number of esters is 1. The number of hydrogen-bond acceptors (Lipinski definition) is 7. The molecule has 7 nitrogen and oxygen atoms in total. The van der Waals surface area contributed by atoms with Gasteiger partial charge in [0.25, 0.3) is 0 Å². The molecule has 258 valence electrons. The lowest BCUT2D eigenvalue weighted by Crippen LogP contribution is -2.33. The normalized spacial score (nSPS) is 30.2. The van der Waals surface area contributed by atoms with Crippen molar-refractivity contribution in [2.45, 2.75) is 223 Å². The lowest BCUT2D eigenvalue weighted by atomic mass is 9.95. The molecule has 0 bridgehead atoms. The molecule has 9 atom stereocenters. The molecule has 0 aliphatic carbocycles. The summed E-state index contributed by atoms with van der Waals surface area (Å²) < 4.78 is 17.7. The highest BCUT2D eigenvalue weighted by Crippen LogP contribution is 2.35. The van der Waals surface area contributed by atoms with Gasteiger partial charge in [0.2, 0.25) is 0 Å². The van der Waals surface area contributed by atoms with E-state index < -0.39 is 6.10 Å². The zero-order chi connectivity index (χ0) is 31.6. The number of hydrogen-bond donors (Lipinski definition) is 3. The Balaban J connectivity index is 1.11. The van der Waals surface area contributed by atoms with Gasteiger partial charge >= 0.3 is 5.97 Å². The monoisotopic (exact) mass is 624 g/mol. The molecule has 3 aliphatic rings. The SMILES string of the molecule is CCCCCCCCCC[C@H](O)[C@H]1CC[C@H]([C@H]2CC[C@H]([C@H](O)CCCCCCCCCCCC[C@H]3C(=O)O[C@@H](C)[C@H]3O)O2)O1. The summed E-state index contributed by atoms with van der Waals surface area (Å²) >= 11 is 0. The Morgan fingerprint density at radius 3 is 1.45 bits per heavy atom. The number of aliphatic hydroxyl groups is 3. The Hall–Kier alpha value is -0.730. The largest absolute Gasteiger partial charge is 0.460 e. The molecular weight excluding hydrogens is 556 g/mol. The summed E-state index contributed by atoms with van der Waals surface area (Å²) in [5, 5.41) is 31.5. The van der Waals surface area contributed by atoms with Gasteiger partial charge in [0.15, 0.2) is 0 Å². The number of ether oxygens (including phenoxy) is 3. The van der Waals surface area contributed by atoms with Crippen molar-refractivity contribution in [1.29, 1.82) is 0 Å². The van der Waals surface area contributed by atoms with Crippen LogP contribution in [-0.4, -0.2) is 70.1 Å². The first-order chi connectivity index (χ1) is 21.4. The average molecular weight is 625 g/mol. The summed E-state index contributed by atoms with van der Waals surface area (Å²) in [4.78, 5) is 11.7. The van der Waals surface area contributed by atoms with E-state index in [0.717, 1.165) is 77.0 Å². The molecule has 0 aromatic heterocycles. The van der Waals surface area contributed by atoms with Crippen molar-refractivity contribution >= 4 is 5.97 Å². The van der Waals surface area contributed by atoms with Gasteiger partial charge in [-0.25, -0.2) is 0 Å². The molecule has 3 rings (SSSR count). The number of carbonyl (C=O) groups is 1. The standard InChI is InChI=1S/C37H68O7/c1-3-4-5-6-7-13-16-19-22-30(38)32-24-26-34(43-32)35-27-25-33(44-35)31(39)23-20-17-14-11-9-8-10-12-15-18-21-29-36(40)28(2)42-37(29)41/h28-36,38-40H,3-27H2,1-2H3/t28-,29+,30-,31+,32+,33+,34+,35+,36+/m0/s1. The van der Waals surface area contributed by atoms with Crippen LogP contribution in [0.25, 0.3) is 0 Å². The van der Waals surface area contributed by atoms with Gasteiger partial charge in [0, 0.05) is 0 Å². The fourth-order valence-electron chi connectivity index (χ4n) is 7.58. The summed E-state index contributed by atoms with van der Waals surface area (Å²) in [5.41, 5.74) is 0. The van der Waals surface area contributed by atoms with Crippen molar-refractivity contribution in [1.82, 2.24) is 0 Å². The van der Waals surface area contributed by atoms with Gasteiger partial charge in [-0.3, -0.25) is 4.79 Å². The van der Waals surface area contributed by atoms with Crippen LogP contribution in [0.3, 0.4) is 0 Å². The van der Waals surface area contributed by atoms with Gasteiger partial charge in [-0.05, 0) is 51.9 Å². The lowest BCUT2D eigenvalue weighted by Gasteiger charge is -2.24. The second kappa shape index (κ2) is 22.0. The van der Waals surface area contributed by atoms with Crippen molar-refractivity contribution in [3.8, 4) is 0 Å². The fraction of sp³-hybridized carbons (Fsp3) is 0.973. The van der Waals surface area contributed by atoms with Crippen LogP contribution in [0.15, 0.2) is 0 Å². The average Bonchev–Trinajstić information content (AvgIpc) is 3.75. The molecule has 0 saturated carbocycles. The molecule has 0 spiro atoms. The minimum atomic E-state index is -0.638.